The van der Waals surface area contributed by atoms with Crippen molar-refractivity contribution in [3.05, 3.63) is 65.7 Å². The van der Waals surface area contributed by atoms with Gasteiger partial charge in [0.1, 0.15) is 5.75 Å². The molecule has 0 radical (unpaired) electrons. The highest BCUT2D eigenvalue weighted by Gasteiger charge is 2.24. The molecule has 0 bridgehead atoms. The van der Waals surface area contributed by atoms with Gasteiger partial charge in [-0.1, -0.05) is 30.3 Å². The molecule has 142 valence electrons. The van der Waals surface area contributed by atoms with E-state index in [0.29, 0.717) is 38.3 Å². The fourth-order valence-electron chi connectivity index (χ4n) is 3.10. The Labute approximate surface area is 159 Å². The zero-order valence-electron chi connectivity index (χ0n) is 15.6. The minimum absolute atomic E-state index is 0.0122. The number of rotatable bonds is 5. The third kappa shape index (κ3) is 5.00. The lowest BCUT2D eigenvalue weighted by atomic mass is 10.1. The highest BCUT2D eigenvalue weighted by molar-refractivity contribution is 5.94. The normalized spacial score (nSPS) is 14.0. The van der Waals surface area contributed by atoms with Crippen LogP contribution in [-0.2, 0) is 6.42 Å². The van der Waals surface area contributed by atoms with Gasteiger partial charge in [0.15, 0.2) is 0 Å². The summed E-state index contributed by atoms with van der Waals surface area (Å²) in [6, 6.07) is 17.1. The molecule has 3 rings (SSSR count). The number of methoxy groups -OCH3 is 1. The molecule has 27 heavy (non-hydrogen) atoms. The summed E-state index contributed by atoms with van der Waals surface area (Å²) in [6.45, 7) is 2.76. The number of benzene rings is 2. The molecule has 1 heterocycles. The molecule has 1 aliphatic rings. The number of amides is 3. The largest absolute Gasteiger partial charge is 0.497 e. The third-order valence-corrected chi connectivity index (χ3v) is 4.72. The van der Waals surface area contributed by atoms with Crippen molar-refractivity contribution in [1.29, 1.82) is 0 Å². The first-order chi connectivity index (χ1) is 13.2. The van der Waals surface area contributed by atoms with Gasteiger partial charge in [-0.3, -0.25) is 4.79 Å². The molecule has 0 unspecified atom stereocenters. The Morgan fingerprint density at radius 2 is 1.56 bits per heavy atom. The monoisotopic (exact) mass is 367 g/mol. The van der Waals surface area contributed by atoms with E-state index in [0.717, 1.165) is 12.2 Å². The van der Waals surface area contributed by atoms with E-state index in [1.165, 1.54) is 5.56 Å². The molecule has 0 atom stereocenters. The molecule has 3 amide bonds. The van der Waals surface area contributed by atoms with Crippen LogP contribution < -0.4 is 10.1 Å². The number of hydrogen-bond donors (Lipinski definition) is 1. The Hall–Kier alpha value is -3.02. The van der Waals surface area contributed by atoms with Crippen LogP contribution in [-0.4, -0.2) is 61.6 Å². The highest BCUT2D eigenvalue weighted by atomic mass is 16.5. The molecule has 1 N–H and O–H groups in total. The summed E-state index contributed by atoms with van der Waals surface area (Å²) < 4.78 is 5.12. The first-order valence-corrected chi connectivity index (χ1v) is 9.17. The Kier molecular flexibility index (Phi) is 6.30. The number of nitrogens with one attached hydrogen (secondary N) is 1. The number of piperazine rings is 1. The van der Waals surface area contributed by atoms with E-state index in [9.17, 15) is 9.59 Å². The maximum Gasteiger partial charge on any atom is 0.317 e. The van der Waals surface area contributed by atoms with Crippen LogP contribution in [0.3, 0.4) is 0 Å². The average molecular weight is 367 g/mol. The van der Waals surface area contributed by atoms with Crippen molar-refractivity contribution in [2.75, 3.05) is 39.8 Å². The smallest absolute Gasteiger partial charge is 0.317 e. The van der Waals surface area contributed by atoms with Crippen molar-refractivity contribution in [3.63, 3.8) is 0 Å². The van der Waals surface area contributed by atoms with E-state index in [4.69, 9.17) is 4.74 Å². The summed E-state index contributed by atoms with van der Waals surface area (Å²) in [6.07, 6.45) is 0.808. The summed E-state index contributed by atoms with van der Waals surface area (Å²) in [5.41, 5.74) is 1.84. The predicted molar refractivity (Wildman–Crippen MR) is 104 cm³/mol. The van der Waals surface area contributed by atoms with Gasteiger partial charge < -0.3 is 19.9 Å². The molecule has 1 fully saturated rings. The molecule has 1 saturated heterocycles. The fraction of sp³-hybridized carbons (Fsp3) is 0.333. The van der Waals surface area contributed by atoms with Gasteiger partial charge in [-0.2, -0.15) is 0 Å². The van der Waals surface area contributed by atoms with Gasteiger partial charge in [-0.05, 0) is 36.2 Å². The SMILES string of the molecule is COc1ccc(C(=O)N2CCN(C(=O)NCCc3ccccc3)CC2)cc1. The first kappa shape index (κ1) is 18.8. The molecule has 1 aliphatic heterocycles. The lowest BCUT2D eigenvalue weighted by molar-refractivity contribution is 0.0665. The van der Waals surface area contributed by atoms with Gasteiger partial charge in [0.2, 0.25) is 0 Å². The highest BCUT2D eigenvalue weighted by Crippen LogP contribution is 2.14. The van der Waals surface area contributed by atoms with Gasteiger partial charge in [0, 0.05) is 38.3 Å². The van der Waals surface area contributed by atoms with E-state index in [2.05, 4.69) is 17.4 Å². The molecule has 2 aromatic carbocycles. The van der Waals surface area contributed by atoms with Crippen molar-refractivity contribution in [2.24, 2.45) is 0 Å². The minimum atomic E-state index is -0.0672. The van der Waals surface area contributed by atoms with Gasteiger partial charge in [0.05, 0.1) is 7.11 Å². The number of nitrogens with zero attached hydrogens (tertiary/aromatic N) is 2. The van der Waals surface area contributed by atoms with Crippen molar-refractivity contribution >= 4 is 11.9 Å². The summed E-state index contributed by atoms with van der Waals surface area (Å²) in [5.74, 6) is 0.713. The topological polar surface area (TPSA) is 61.9 Å². The van der Waals surface area contributed by atoms with E-state index in [1.807, 2.05) is 18.2 Å². The second kappa shape index (κ2) is 9.07. The zero-order valence-corrected chi connectivity index (χ0v) is 15.6. The quantitative estimate of drug-likeness (QED) is 0.883. The summed E-state index contributed by atoms with van der Waals surface area (Å²) in [4.78, 5) is 28.4. The Balaban J connectivity index is 1.43. The van der Waals surface area contributed by atoms with Crippen LogP contribution in [0.25, 0.3) is 0 Å². The van der Waals surface area contributed by atoms with E-state index in [1.54, 1.807) is 41.2 Å². The maximum absolute atomic E-state index is 12.6. The van der Waals surface area contributed by atoms with Crippen molar-refractivity contribution in [2.45, 2.75) is 6.42 Å². The van der Waals surface area contributed by atoms with Crippen molar-refractivity contribution in [1.82, 2.24) is 15.1 Å². The Bertz CT molecular complexity index is 754. The van der Waals surface area contributed by atoms with Gasteiger partial charge in [-0.25, -0.2) is 4.79 Å². The van der Waals surface area contributed by atoms with Gasteiger partial charge in [0.25, 0.3) is 5.91 Å². The predicted octanol–water partition coefficient (Wildman–Crippen LogP) is 2.41. The van der Waals surface area contributed by atoms with Crippen LogP contribution in [0.1, 0.15) is 15.9 Å². The summed E-state index contributed by atoms with van der Waals surface area (Å²) in [5, 5.41) is 2.96. The minimum Gasteiger partial charge on any atom is -0.497 e. The van der Waals surface area contributed by atoms with E-state index < -0.39 is 0 Å². The Morgan fingerprint density at radius 1 is 0.926 bits per heavy atom. The molecule has 0 aliphatic carbocycles. The lowest BCUT2D eigenvalue weighted by Crippen LogP contribution is -2.53. The number of carbonyl (C=O) groups excluding carboxylic acids is 2. The number of carbonyl (C=O) groups is 2. The molecular formula is C21H25N3O3. The Morgan fingerprint density at radius 3 is 2.19 bits per heavy atom. The molecule has 0 aromatic heterocycles. The van der Waals surface area contributed by atoms with Gasteiger partial charge >= 0.3 is 6.03 Å². The van der Waals surface area contributed by atoms with E-state index >= 15 is 0 Å². The molecule has 0 saturated carbocycles. The molecular weight excluding hydrogens is 342 g/mol. The molecule has 2 aromatic rings. The third-order valence-electron chi connectivity index (χ3n) is 4.72. The van der Waals surface area contributed by atoms with Crippen molar-refractivity contribution < 1.29 is 14.3 Å². The summed E-state index contributed by atoms with van der Waals surface area (Å²) in [7, 11) is 1.60. The van der Waals surface area contributed by atoms with Crippen LogP contribution in [0, 0.1) is 0 Å². The zero-order chi connectivity index (χ0) is 19.1. The second-order valence-corrected chi connectivity index (χ2v) is 6.48. The van der Waals surface area contributed by atoms with Crippen molar-refractivity contribution in [3.8, 4) is 5.75 Å². The van der Waals surface area contributed by atoms with Crippen LogP contribution in [0.5, 0.6) is 5.75 Å². The average Bonchev–Trinajstić information content (AvgIpc) is 2.74. The lowest BCUT2D eigenvalue weighted by Gasteiger charge is -2.34. The van der Waals surface area contributed by atoms with Crippen LogP contribution >= 0.6 is 0 Å². The molecule has 0 spiro atoms. The first-order valence-electron chi connectivity index (χ1n) is 9.17. The second-order valence-electron chi connectivity index (χ2n) is 6.48. The standard InChI is InChI=1S/C21H25N3O3/c1-27-19-9-7-18(8-10-19)20(25)23-13-15-24(16-14-23)21(26)22-12-11-17-5-3-2-4-6-17/h2-10H,11-16H2,1H3,(H,22,26). The van der Waals surface area contributed by atoms with Crippen LogP contribution in [0.2, 0.25) is 0 Å². The van der Waals surface area contributed by atoms with Crippen LogP contribution in [0.4, 0.5) is 4.79 Å². The molecule has 6 heteroatoms. The molecule has 6 nitrogen and oxygen atoms in total. The maximum atomic E-state index is 12.6. The fourth-order valence-corrected chi connectivity index (χ4v) is 3.10. The number of urea groups is 1. The number of ether oxygens (including phenoxy) is 1. The van der Waals surface area contributed by atoms with E-state index in [-0.39, 0.29) is 11.9 Å². The van der Waals surface area contributed by atoms with Gasteiger partial charge in [-0.15, -0.1) is 0 Å². The number of hydrogen-bond acceptors (Lipinski definition) is 3. The van der Waals surface area contributed by atoms with Crippen LogP contribution in [0.15, 0.2) is 54.6 Å². The summed E-state index contributed by atoms with van der Waals surface area (Å²) >= 11 is 0.